The highest BCUT2D eigenvalue weighted by Crippen LogP contribution is 2.49. The summed E-state index contributed by atoms with van der Waals surface area (Å²) in [7, 11) is 1.58. The van der Waals surface area contributed by atoms with Crippen LogP contribution in [0.3, 0.4) is 0 Å². The fourth-order valence-corrected chi connectivity index (χ4v) is 2.18. The zero-order chi connectivity index (χ0) is 13.0. The lowest BCUT2D eigenvalue weighted by atomic mass is 10.0. The van der Waals surface area contributed by atoms with Gasteiger partial charge in [0.05, 0.1) is 0 Å². The molecule has 2 N–H and O–H groups in total. The average Bonchev–Trinajstić information content (AvgIpc) is 3.17. The Morgan fingerprint density at radius 1 is 1.39 bits per heavy atom. The average molecular weight is 248 g/mol. The number of rotatable bonds is 6. The van der Waals surface area contributed by atoms with E-state index < -0.39 is 0 Å². The Hall–Kier alpha value is -1.65. The Balaban J connectivity index is 1.89. The third-order valence-corrected chi connectivity index (χ3v) is 3.51. The highest BCUT2D eigenvalue weighted by molar-refractivity contribution is 5.91. The van der Waals surface area contributed by atoms with Crippen molar-refractivity contribution in [3.8, 4) is 0 Å². The number of aromatic nitrogens is 2. The van der Waals surface area contributed by atoms with Gasteiger partial charge >= 0.3 is 0 Å². The second-order valence-corrected chi connectivity index (χ2v) is 4.99. The number of hydrogen-bond acceptors (Lipinski definition) is 4. The fraction of sp³-hybridized carbons (Fsp3) is 0.615. The van der Waals surface area contributed by atoms with Crippen molar-refractivity contribution in [3.63, 3.8) is 0 Å². The van der Waals surface area contributed by atoms with Crippen molar-refractivity contribution in [2.75, 3.05) is 18.9 Å². The molecule has 0 aromatic carbocycles. The number of hydrogen-bond donors (Lipinski definition) is 2. The molecule has 18 heavy (non-hydrogen) atoms. The van der Waals surface area contributed by atoms with E-state index in [9.17, 15) is 4.79 Å². The second kappa shape index (κ2) is 5.33. The molecule has 0 radical (unpaired) electrons. The quantitative estimate of drug-likeness (QED) is 0.806. The molecule has 1 aliphatic carbocycles. The Morgan fingerprint density at radius 3 is 2.67 bits per heavy atom. The molecule has 1 amide bonds. The molecule has 1 fully saturated rings. The third kappa shape index (κ3) is 2.97. The Morgan fingerprint density at radius 2 is 2.17 bits per heavy atom. The zero-order valence-corrected chi connectivity index (χ0v) is 11.0. The predicted molar refractivity (Wildman–Crippen MR) is 70.5 cm³/mol. The van der Waals surface area contributed by atoms with Gasteiger partial charge in [-0.3, -0.25) is 4.79 Å². The zero-order valence-electron chi connectivity index (χ0n) is 11.0. The van der Waals surface area contributed by atoms with Gasteiger partial charge in [-0.1, -0.05) is 13.3 Å². The summed E-state index contributed by atoms with van der Waals surface area (Å²) in [5, 5.41) is 13.7. The lowest BCUT2D eigenvalue weighted by Gasteiger charge is -2.14. The minimum atomic E-state index is -0.210. The molecule has 5 nitrogen and oxygen atoms in total. The van der Waals surface area contributed by atoms with E-state index in [-0.39, 0.29) is 5.91 Å². The maximum atomic E-state index is 11.3. The SMILES string of the molecule is CCCC1(CNc2ccc(C(=O)NC)nn2)CC1. The van der Waals surface area contributed by atoms with Crippen molar-refractivity contribution in [1.82, 2.24) is 15.5 Å². The van der Waals surface area contributed by atoms with Crippen molar-refractivity contribution < 1.29 is 4.79 Å². The summed E-state index contributed by atoms with van der Waals surface area (Å²) < 4.78 is 0. The van der Waals surface area contributed by atoms with E-state index >= 15 is 0 Å². The molecule has 0 unspecified atom stereocenters. The van der Waals surface area contributed by atoms with Crippen molar-refractivity contribution >= 4 is 11.7 Å². The first-order valence-corrected chi connectivity index (χ1v) is 6.49. The predicted octanol–water partition coefficient (Wildman–Crippen LogP) is 1.83. The van der Waals surface area contributed by atoms with Crippen LogP contribution in [0.25, 0.3) is 0 Å². The second-order valence-electron chi connectivity index (χ2n) is 4.99. The first-order chi connectivity index (χ1) is 8.69. The number of nitrogens with zero attached hydrogens (tertiary/aromatic N) is 2. The van der Waals surface area contributed by atoms with Gasteiger partial charge in [-0.05, 0) is 36.8 Å². The minimum absolute atomic E-state index is 0.210. The van der Waals surface area contributed by atoms with Gasteiger partial charge in [-0.25, -0.2) is 0 Å². The lowest BCUT2D eigenvalue weighted by Crippen LogP contribution is -2.20. The van der Waals surface area contributed by atoms with E-state index in [1.807, 2.05) is 0 Å². The van der Waals surface area contributed by atoms with E-state index in [1.54, 1.807) is 19.2 Å². The van der Waals surface area contributed by atoms with Crippen LogP contribution >= 0.6 is 0 Å². The van der Waals surface area contributed by atoms with Crippen LogP contribution in [0.5, 0.6) is 0 Å². The van der Waals surface area contributed by atoms with Crippen molar-refractivity contribution in [3.05, 3.63) is 17.8 Å². The topological polar surface area (TPSA) is 66.9 Å². The van der Waals surface area contributed by atoms with E-state index in [4.69, 9.17) is 0 Å². The van der Waals surface area contributed by atoms with E-state index in [1.165, 1.54) is 25.7 Å². The highest BCUT2D eigenvalue weighted by atomic mass is 16.1. The molecule has 1 aromatic rings. The summed E-state index contributed by atoms with van der Waals surface area (Å²) in [6.45, 7) is 3.17. The first-order valence-electron chi connectivity index (χ1n) is 6.49. The summed E-state index contributed by atoms with van der Waals surface area (Å²) in [5.74, 6) is 0.531. The Labute approximate surface area is 107 Å². The molecular formula is C13H20N4O. The van der Waals surface area contributed by atoms with Crippen LogP contribution < -0.4 is 10.6 Å². The standard InChI is InChI=1S/C13H20N4O/c1-3-6-13(7-8-13)9-15-11-5-4-10(16-17-11)12(18)14-2/h4-5H,3,6-9H2,1-2H3,(H,14,18)(H,15,17). The number of anilines is 1. The van der Waals surface area contributed by atoms with Crippen LogP contribution in [0.1, 0.15) is 43.1 Å². The lowest BCUT2D eigenvalue weighted by molar-refractivity contribution is 0.0957. The van der Waals surface area contributed by atoms with E-state index in [0.29, 0.717) is 11.1 Å². The molecule has 0 bridgehead atoms. The number of carbonyl (C=O) groups is 1. The summed E-state index contributed by atoms with van der Waals surface area (Å²) in [6, 6.07) is 3.49. The molecule has 2 rings (SSSR count). The molecule has 0 aliphatic heterocycles. The van der Waals surface area contributed by atoms with Crippen LogP contribution in [0.4, 0.5) is 5.82 Å². The van der Waals surface area contributed by atoms with Crippen molar-refractivity contribution in [2.24, 2.45) is 5.41 Å². The van der Waals surface area contributed by atoms with Crippen molar-refractivity contribution in [2.45, 2.75) is 32.6 Å². The maximum absolute atomic E-state index is 11.3. The summed E-state index contributed by atoms with van der Waals surface area (Å²) in [4.78, 5) is 11.3. The highest BCUT2D eigenvalue weighted by Gasteiger charge is 2.41. The van der Waals surface area contributed by atoms with Crippen LogP contribution in [0.2, 0.25) is 0 Å². The van der Waals surface area contributed by atoms with Gasteiger partial charge in [0, 0.05) is 13.6 Å². The Kier molecular flexibility index (Phi) is 3.79. The van der Waals surface area contributed by atoms with Crippen LogP contribution in [0, 0.1) is 5.41 Å². The van der Waals surface area contributed by atoms with E-state index in [2.05, 4.69) is 27.8 Å². The summed E-state index contributed by atoms with van der Waals surface area (Å²) in [5.41, 5.74) is 0.827. The third-order valence-electron chi connectivity index (χ3n) is 3.51. The molecule has 98 valence electrons. The van der Waals surface area contributed by atoms with Gasteiger partial charge in [0.15, 0.2) is 5.69 Å². The molecule has 5 heteroatoms. The van der Waals surface area contributed by atoms with Gasteiger partial charge < -0.3 is 10.6 Å². The Bertz CT molecular complexity index is 412. The van der Waals surface area contributed by atoms with E-state index in [0.717, 1.165) is 12.4 Å². The van der Waals surface area contributed by atoms with Crippen LogP contribution in [0.15, 0.2) is 12.1 Å². The summed E-state index contributed by atoms with van der Waals surface area (Å²) >= 11 is 0. The summed E-state index contributed by atoms with van der Waals surface area (Å²) in [6.07, 6.45) is 5.10. The van der Waals surface area contributed by atoms with Crippen LogP contribution in [-0.2, 0) is 0 Å². The number of amides is 1. The molecule has 0 atom stereocenters. The van der Waals surface area contributed by atoms with Gasteiger partial charge in [-0.15, -0.1) is 10.2 Å². The fourth-order valence-electron chi connectivity index (χ4n) is 2.18. The monoisotopic (exact) mass is 248 g/mol. The largest absolute Gasteiger partial charge is 0.368 e. The molecule has 0 spiro atoms. The number of nitrogens with one attached hydrogen (secondary N) is 2. The number of carbonyl (C=O) groups excluding carboxylic acids is 1. The molecule has 1 saturated carbocycles. The minimum Gasteiger partial charge on any atom is -0.368 e. The maximum Gasteiger partial charge on any atom is 0.271 e. The first kappa shape index (κ1) is 12.8. The van der Waals surface area contributed by atoms with Gasteiger partial charge in [0.1, 0.15) is 5.82 Å². The molecule has 0 saturated heterocycles. The van der Waals surface area contributed by atoms with Crippen LogP contribution in [-0.4, -0.2) is 29.7 Å². The molecule has 1 heterocycles. The van der Waals surface area contributed by atoms with Gasteiger partial charge in [0.2, 0.25) is 0 Å². The normalized spacial score (nSPS) is 16.1. The van der Waals surface area contributed by atoms with Gasteiger partial charge in [0.25, 0.3) is 5.91 Å². The molecule has 1 aromatic heterocycles. The molecule has 1 aliphatic rings. The molecular weight excluding hydrogens is 228 g/mol. The van der Waals surface area contributed by atoms with Gasteiger partial charge in [-0.2, -0.15) is 0 Å². The smallest absolute Gasteiger partial charge is 0.271 e. The van der Waals surface area contributed by atoms with Crippen molar-refractivity contribution in [1.29, 1.82) is 0 Å².